The number of aryl methyl sites for hydroxylation is 1. The molecule has 1 aromatic rings. The van der Waals surface area contributed by atoms with Gasteiger partial charge < -0.3 is 10.4 Å². The number of aliphatic hydroxyl groups is 1. The van der Waals surface area contributed by atoms with Crippen LogP contribution in [0.5, 0.6) is 0 Å². The van der Waals surface area contributed by atoms with E-state index in [4.69, 9.17) is 5.11 Å². The lowest BCUT2D eigenvalue weighted by molar-refractivity contribution is 0.283. The Morgan fingerprint density at radius 3 is 2.38 bits per heavy atom. The maximum absolute atomic E-state index is 8.75. The minimum absolute atomic E-state index is 0.262. The maximum atomic E-state index is 8.75. The molecule has 90 valence electrons. The second kappa shape index (κ2) is 7.42. The first-order valence-corrected chi connectivity index (χ1v) is 6.24. The van der Waals surface area contributed by atoms with E-state index in [-0.39, 0.29) is 6.61 Å². The number of nitrogens with one attached hydrogen (secondary N) is 1. The van der Waals surface area contributed by atoms with Crippen molar-refractivity contribution in [2.24, 2.45) is 0 Å². The van der Waals surface area contributed by atoms with E-state index in [9.17, 15) is 0 Å². The van der Waals surface area contributed by atoms with Crippen molar-refractivity contribution < 1.29 is 5.11 Å². The molecule has 0 aliphatic carbocycles. The highest BCUT2D eigenvalue weighted by Crippen LogP contribution is 2.17. The Labute approximate surface area is 98.7 Å². The van der Waals surface area contributed by atoms with Gasteiger partial charge in [-0.15, -0.1) is 0 Å². The van der Waals surface area contributed by atoms with Gasteiger partial charge in [0.2, 0.25) is 0 Å². The predicted octanol–water partition coefficient (Wildman–Crippen LogP) is 2.67. The molecular formula is C14H23NO. The Balaban J connectivity index is 2.56. The summed E-state index contributed by atoms with van der Waals surface area (Å²) in [6.07, 6.45) is 3.00. The average molecular weight is 221 g/mol. The third-order valence-electron chi connectivity index (χ3n) is 2.92. The van der Waals surface area contributed by atoms with Crippen LogP contribution >= 0.6 is 0 Å². The molecule has 0 radical (unpaired) electrons. The summed E-state index contributed by atoms with van der Waals surface area (Å²) < 4.78 is 0. The zero-order valence-electron chi connectivity index (χ0n) is 10.4. The molecule has 0 fully saturated rings. The first kappa shape index (κ1) is 13.2. The average Bonchev–Trinajstić information content (AvgIpc) is 2.35. The molecule has 0 bridgehead atoms. The Morgan fingerprint density at radius 2 is 1.88 bits per heavy atom. The normalized spacial score (nSPS) is 12.7. The zero-order chi connectivity index (χ0) is 11.8. The van der Waals surface area contributed by atoms with Crippen LogP contribution in [0.4, 0.5) is 0 Å². The molecule has 2 heteroatoms. The summed E-state index contributed by atoms with van der Waals surface area (Å²) in [5.41, 5.74) is 2.73. The molecule has 0 amide bonds. The standard InChI is InChI=1S/C14H23NO/c1-3-12-6-8-13(9-7-12)14(4-2)15-10-5-11-16/h6-9,14-16H,3-5,10-11H2,1-2H3. The molecule has 0 aliphatic rings. The summed E-state index contributed by atoms with van der Waals surface area (Å²) >= 11 is 0. The predicted molar refractivity (Wildman–Crippen MR) is 68.6 cm³/mol. The highest BCUT2D eigenvalue weighted by Gasteiger charge is 2.07. The molecule has 2 nitrogen and oxygen atoms in total. The third-order valence-corrected chi connectivity index (χ3v) is 2.92. The van der Waals surface area contributed by atoms with Crippen LogP contribution in [0.1, 0.15) is 43.9 Å². The summed E-state index contributed by atoms with van der Waals surface area (Å²) in [5.74, 6) is 0. The van der Waals surface area contributed by atoms with Gasteiger partial charge in [-0.2, -0.15) is 0 Å². The van der Waals surface area contributed by atoms with Crippen LogP contribution in [0.3, 0.4) is 0 Å². The zero-order valence-corrected chi connectivity index (χ0v) is 10.4. The summed E-state index contributed by atoms with van der Waals surface area (Å²) in [6.45, 7) is 5.50. The first-order chi connectivity index (χ1) is 7.81. The lowest BCUT2D eigenvalue weighted by Gasteiger charge is -2.17. The van der Waals surface area contributed by atoms with E-state index in [1.54, 1.807) is 0 Å². The van der Waals surface area contributed by atoms with Gasteiger partial charge in [0.15, 0.2) is 0 Å². The van der Waals surface area contributed by atoms with Gasteiger partial charge in [0.1, 0.15) is 0 Å². The summed E-state index contributed by atoms with van der Waals surface area (Å²) in [7, 11) is 0. The molecular weight excluding hydrogens is 198 g/mol. The summed E-state index contributed by atoms with van der Waals surface area (Å²) in [4.78, 5) is 0. The topological polar surface area (TPSA) is 32.3 Å². The third kappa shape index (κ3) is 3.95. The Morgan fingerprint density at radius 1 is 1.19 bits per heavy atom. The van der Waals surface area contributed by atoms with Crippen molar-refractivity contribution in [1.29, 1.82) is 0 Å². The van der Waals surface area contributed by atoms with E-state index >= 15 is 0 Å². The highest BCUT2D eigenvalue weighted by atomic mass is 16.3. The molecule has 0 aliphatic heterocycles. The van der Waals surface area contributed by atoms with Crippen LogP contribution < -0.4 is 5.32 Å². The molecule has 0 heterocycles. The molecule has 16 heavy (non-hydrogen) atoms. The van der Waals surface area contributed by atoms with Gasteiger partial charge in [-0.1, -0.05) is 38.1 Å². The fourth-order valence-corrected chi connectivity index (χ4v) is 1.84. The maximum Gasteiger partial charge on any atom is 0.0443 e. The van der Waals surface area contributed by atoms with Crippen LogP contribution in [0, 0.1) is 0 Å². The van der Waals surface area contributed by atoms with Crippen molar-refractivity contribution in [2.45, 2.75) is 39.2 Å². The van der Waals surface area contributed by atoms with E-state index in [0.29, 0.717) is 6.04 Å². The van der Waals surface area contributed by atoms with E-state index in [0.717, 1.165) is 25.8 Å². The van der Waals surface area contributed by atoms with E-state index in [1.165, 1.54) is 11.1 Å². The van der Waals surface area contributed by atoms with Crippen LogP contribution in [-0.4, -0.2) is 18.3 Å². The lowest BCUT2D eigenvalue weighted by atomic mass is 10.0. The second-order valence-corrected chi connectivity index (χ2v) is 4.09. The van der Waals surface area contributed by atoms with Crippen LogP contribution in [0.15, 0.2) is 24.3 Å². The number of hydrogen-bond donors (Lipinski definition) is 2. The number of rotatable bonds is 7. The number of benzene rings is 1. The lowest BCUT2D eigenvalue weighted by Crippen LogP contribution is -2.22. The molecule has 0 spiro atoms. The van der Waals surface area contributed by atoms with E-state index < -0.39 is 0 Å². The fraction of sp³-hybridized carbons (Fsp3) is 0.571. The monoisotopic (exact) mass is 221 g/mol. The Kier molecular flexibility index (Phi) is 6.12. The molecule has 1 rings (SSSR count). The summed E-state index contributed by atoms with van der Waals surface area (Å²) in [6, 6.07) is 9.23. The van der Waals surface area contributed by atoms with E-state index in [1.807, 2.05) is 0 Å². The Bertz CT molecular complexity index is 281. The van der Waals surface area contributed by atoms with Gasteiger partial charge >= 0.3 is 0 Å². The number of aliphatic hydroxyl groups excluding tert-OH is 1. The van der Waals surface area contributed by atoms with Crippen molar-refractivity contribution in [1.82, 2.24) is 5.32 Å². The molecule has 1 unspecified atom stereocenters. The second-order valence-electron chi connectivity index (χ2n) is 4.09. The van der Waals surface area contributed by atoms with Crippen molar-refractivity contribution in [3.05, 3.63) is 35.4 Å². The van der Waals surface area contributed by atoms with Gasteiger partial charge in [0, 0.05) is 12.6 Å². The van der Waals surface area contributed by atoms with Gasteiger partial charge in [0.25, 0.3) is 0 Å². The van der Waals surface area contributed by atoms with E-state index in [2.05, 4.69) is 43.4 Å². The highest BCUT2D eigenvalue weighted by molar-refractivity contribution is 5.24. The first-order valence-electron chi connectivity index (χ1n) is 6.24. The minimum Gasteiger partial charge on any atom is -0.396 e. The van der Waals surface area contributed by atoms with Crippen molar-refractivity contribution >= 4 is 0 Å². The van der Waals surface area contributed by atoms with Crippen molar-refractivity contribution in [2.75, 3.05) is 13.2 Å². The van der Waals surface area contributed by atoms with Crippen LogP contribution in [-0.2, 0) is 6.42 Å². The van der Waals surface area contributed by atoms with Crippen LogP contribution in [0.25, 0.3) is 0 Å². The van der Waals surface area contributed by atoms with Gasteiger partial charge in [-0.3, -0.25) is 0 Å². The molecule has 0 saturated heterocycles. The molecule has 1 atom stereocenters. The fourth-order valence-electron chi connectivity index (χ4n) is 1.84. The SMILES string of the molecule is CCc1ccc(C(CC)NCCCO)cc1. The Hall–Kier alpha value is -0.860. The number of hydrogen-bond acceptors (Lipinski definition) is 2. The minimum atomic E-state index is 0.262. The van der Waals surface area contributed by atoms with Crippen molar-refractivity contribution in [3.63, 3.8) is 0 Å². The molecule has 2 N–H and O–H groups in total. The smallest absolute Gasteiger partial charge is 0.0443 e. The summed E-state index contributed by atoms with van der Waals surface area (Å²) in [5, 5.41) is 12.2. The molecule has 0 saturated carbocycles. The molecule has 1 aromatic carbocycles. The molecule has 0 aromatic heterocycles. The largest absolute Gasteiger partial charge is 0.396 e. The van der Waals surface area contributed by atoms with Gasteiger partial charge in [-0.05, 0) is 36.9 Å². The van der Waals surface area contributed by atoms with Gasteiger partial charge in [0.05, 0.1) is 0 Å². The van der Waals surface area contributed by atoms with Gasteiger partial charge in [-0.25, -0.2) is 0 Å². The quantitative estimate of drug-likeness (QED) is 0.694. The van der Waals surface area contributed by atoms with Crippen LogP contribution in [0.2, 0.25) is 0 Å². The van der Waals surface area contributed by atoms with Crippen molar-refractivity contribution in [3.8, 4) is 0 Å².